The molecule has 1 unspecified atom stereocenters. The fourth-order valence-electron chi connectivity index (χ4n) is 1.35. The largest absolute Gasteiger partial charge is 0.303 e. The van der Waals surface area contributed by atoms with Crippen LogP contribution in [0.5, 0.6) is 0 Å². The molecule has 0 spiro atoms. The van der Waals surface area contributed by atoms with Crippen LogP contribution in [0.25, 0.3) is 0 Å². The molecule has 0 amide bonds. The van der Waals surface area contributed by atoms with E-state index >= 15 is 0 Å². The van der Waals surface area contributed by atoms with Crippen LogP contribution in [0, 0.1) is 12.3 Å². The zero-order valence-corrected chi connectivity index (χ0v) is 8.40. The fraction of sp³-hybridized carbons (Fsp3) is 0.818. The summed E-state index contributed by atoms with van der Waals surface area (Å²) in [7, 11) is 0. The van der Waals surface area contributed by atoms with Crippen molar-refractivity contribution in [2.24, 2.45) is 0 Å². The van der Waals surface area contributed by atoms with Crippen molar-refractivity contribution in [3.8, 4) is 12.3 Å². The number of rotatable bonds is 7. The molecule has 0 rings (SSSR count). The molecule has 0 bridgehead atoms. The zero-order valence-electron chi connectivity index (χ0n) is 8.40. The molecule has 0 saturated heterocycles. The molecular formula is C11H21N. The van der Waals surface area contributed by atoms with Crippen molar-refractivity contribution in [3.05, 3.63) is 0 Å². The maximum Gasteiger partial charge on any atom is 0.0575 e. The van der Waals surface area contributed by atoms with E-state index in [9.17, 15) is 0 Å². The molecule has 0 saturated carbocycles. The quantitative estimate of drug-likeness (QED) is 0.575. The smallest absolute Gasteiger partial charge is 0.0575 e. The van der Waals surface area contributed by atoms with E-state index < -0.39 is 0 Å². The van der Waals surface area contributed by atoms with Crippen molar-refractivity contribution in [2.45, 2.75) is 52.0 Å². The summed E-state index contributed by atoms with van der Waals surface area (Å²) < 4.78 is 0. The van der Waals surface area contributed by atoms with Gasteiger partial charge in [-0.25, -0.2) is 0 Å². The minimum absolute atomic E-state index is 0.644. The standard InChI is InChI=1S/C11H21N/c1-4-7-9-11(8-5-2)12-10-6-3/h3,11-12H,4-5,7-10H2,1-2H3. The van der Waals surface area contributed by atoms with Gasteiger partial charge in [-0.3, -0.25) is 0 Å². The van der Waals surface area contributed by atoms with Gasteiger partial charge in [0.1, 0.15) is 0 Å². The highest BCUT2D eigenvalue weighted by atomic mass is 14.9. The van der Waals surface area contributed by atoms with Crippen molar-refractivity contribution in [1.29, 1.82) is 0 Å². The highest BCUT2D eigenvalue weighted by molar-refractivity contribution is 4.88. The Morgan fingerprint density at radius 2 is 2.00 bits per heavy atom. The summed E-state index contributed by atoms with van der Waals surface area (Å²) >= 11 is 0. The molecule has 0 radical (unpaired) electrons. The molecule has 70 valence electrons. The fourth-order valence-corrected chi connectivity index (χ4v) is 1.35. The second-order valence-corrected chi connectivity index (χ2v) is 3.21. The summed E-state index contributed by atoms with van der Waals surface area (Å²) in [5.41, 5.74) is 0. The van der Waals surface area contributed by atoms with Crippen LogP contribution in [-0.2, 0) is 0 Å². The summed E-state index contributed by atoms with van der Waals surface area (Å²) in [6, 6.07) is 0.644. The summed E-state index contributed by atoms with van der Waals surface area (Å²) in [6.45, 7) is 5.16. The molecule has 0 aliphatic heterocycles. The third-order valence-electron chi connectivity index (χ3n) is 2.04. The van der Waals surface area contributed by atoms with Gasteiger partial charge in [-0.15, -0.1) is 6.42 Å². The Morgan fingerprint density at radius 3 is 2.50 bits per heavy atom. The number of nitrogens with one attached hydrogen (secondary N) is 1. The second-order valence-electron chi connectivity index (χ2n) is 3.21. The maximum absolute atomic E-state index is 5.19. The number of hydrogen-bond acceptors (Lipinski definition) is 1. The van der Waals surface area contributed by atoms with E-state index in [-0.39, 0.29) is 0 Å². The van der Waals surface area contributed by atoms with Gasteiger partial charge in [0.15, 0.2) is 0 Å². The molecule has 1 N–H and O–H groups in total. The van der Waals surface area contributed by atoms with Gasteiger partial charge in [-0.2, -0.15) is 0 Å². The lowest BCUT2D eigenvalue weighted by Crippen LogP contribution is -2.29. The van der Waals surface area contributed by atoms with Gasteiger partial charge in [0.25, 0.3) is 0 Å². The van der Waals surface area contributed by atoms with Gasteiger partial charge < -0.3 is 5.32 Å². The van der Waals surface area contributed by atoms with E-state index in [0.717, 1.165) is 0 Å². The minimum atomic E-state index is 0.644. The number of hydrogen-bond donors (Lipinski definition) is 1. The third kappa shape index (κ3) is 6.24. The van der Waals surface area contributed by atoms with Gasteiger partial charge in [0.05, 0.1) is 6.54 Å². The first-order chi connectivity index (χ1) is 5.85. The number of terminal acetylenes is 1. The molecule has 1 atom stereocenters. The second kappa shape index (κ2) is 8.62. The molecule has 0 heterocycles. The molecular weight excluding hydrogens is 146 g/mol. The lowest BCUT2D eigenvalue weighted by Gasteiger charge is -2.15. The Kier molecular flexibility index (Phi) is 8.27. The first-order valence-electron chi connectivity index (χ1n) is 5.02. The van der Waals surface area contributed by atoms with Gasteiger partial charge in [0, 0.05) is 6.04 Å². The predicted octanol–water partition coefficient (Wildman–Crippen LogP) is 2.57. The summed E-state index contributed by atoms with van der Waals surface area (Å²) in [4.78, 5) is 0. The first-order valence-corrected chi connectivity index (χ1v) is 5.02. The molecule has 1 heteroatoms. The van der Waals surface area contributed by atoms with E-state index in [1.165, 1.54) is 32.1 Å². The van der Waals surface area contributed by atoms with Crippen molar-refractivity contribution < 1.29 is 0 Å². The Labute approximate surface area is 76.9 Å². The molecule has 0 aromatic rings. The molecule has 0 fully saturated rings. The van der Waals surface area contributed by atoms with Crippen molar-refractivity contribution in [1.82, 2.24) is 5.32 Å². The topological polar surface area (TPSA) is 12.0 Å². The summed E-state index contributed by atoms with van der Waals surface area (Å²) in [5.74, 6) is 2.62. The predicted molar refractivity (Wildman–Crippen MR) is 55.1 cm³/mol. The monoisotopic (exact) mass is 167 g/mol. The normalized spacial score (nSPS) is 12.4. The Hall–Kier alpha value is -0.480. The van der Waals surface area contributed by atoms with Crippen LogP contribution in [0.1, 0.15) is 46.0 Å². The van der Waals surface area contributed by atoms with E-state index in [1.807, 2.05) is 0 Å². The lowest BCUT2D eigenvalue weighted by molar-refractivity contribution is 0.455. The van der Waals surface area contributed by atoms with E-state index in [4.69, 9.17) is 6.42 Å². The molecule has 0 aliphatic carbocycles. The van der Waals surface area contributed by atoms with Gasteiger partial charge in [0.2, 0.25) is 0 Å². The van der Waals surface area contributed by atoms with Gasteiger partial charge >= 0.3 is 0 Å². The van der Waals surface area contributed by atoms with Crippen molar-refractivity contribution >= 4 is 0 Å². The molecule has 1 nitrogen and oxygen atoms in total. The molecule has 0 aliphatic rings. The van der Waals surface area contributed by atoms with E-state index in [1.54, 1.807) is 0 Å². The SMILES string of the molecule is C#CCNC(CCC)CCCC. The zero-order chi connectivity index (χ0) is 9.23. The lowest BCUT2D eigenvalue weighted by atomic mass is 10.1. The van der Waals surface area contributed by atoms with Crippen LogP contribution in [0.4, 0.5) is 0 Å². The Balaban J connectivity index is 3.48. The van der Waals surface area contributed by atoms with Crippen LogP contribution in [0.3, 0.4) is 0 Å². The molecule has 12 heavy (non-hydrogen) atoms. The average molecular weight is 167 g/mol. The third-order valence-corrected chi connectivity index (χ3v) is 2.04. The van der Waals surface area contributed by atoms with Crippen LogP contribution in [0.2, 0.25) is 0 Å². The Bertz CT molecular complexity index is 123. The van der Waals surface area contributed by atoms with Crippen molar-refractivity contribution in [3.63, 3.8) is 0 Å². The highest BCUT2D eigenvalue weighted by Crippen LogP contribution is 2.05. The maximum atomic E-state index is 5.19. The molecule has 0 aromatic heterocycles. The summed E-state index contributed by atoms with van der Waals surface area (Å²) in [6.07, 6.45) is 11.5. The van der Waals surface area contributed by atoms with Gasteiger partial charge in [-0.05, 0) is 12.8 Å². The number of unbranched alkanes of at least 4 members (excludes halogenated alkanes) is 1. The highest BCUT2D eigenvalue weighted by Gasteiger charge is 2.04. The van der Waals surface area contributed by atoms with Gasteiger partial charge in [-0.1, -0.05) is 39.0 Å². The van der Waals surface area contributed by atoms with Crippen LogP contribution in [0.15, 0.2) is 0 Å². The van der Waals surface area contributed by atoms with Crippen molar-refractivity contribution in [2.75, 3.05) is 6.54 Å². The average Bonchev–Trinajstić information content (AvgIpc) is 2.10. The van der Waals surface area contributed by atoms with Crippen LogP contribution >= 0.6 is 0 Å². The Morgan fingerprint density at radius 1 is 1.25 bits per heavy atom. The van der Waals surface area contributed by atoms with Crippen LogP contribution < -0.4 is 5.32 Å². The first kappa shape index (κ1) is 11.5. The minimum Gasteiger partial charge on any atom is -0.303 e. The molecule has 0 aromatic carbocycles. The van der Waals surface area contributed by atoms with Crippen LogP contribution in [-0.4, -0.2) is 12.6 Å². The summed E-state index contributed by atoms with van der Waals surface area (Å²) in [5, 5.41) is 3.37. The van der Waals surface area contributed by atoms with E-state index in [2.05, 4.69) is 25.1 Å². The van der Waals surface area contributed by atoms with E-state index in [0.29, 0.717) is 12.6 Å².